The van der Waals surface area contributed by atoms with Gasteiger partial charge < -0.3 is 14.7 Å². The highest BCUT2D eigenvalue weighted by Crippen LogP contribution is 2.37. The van der Waals surface area contributed by atoms with Crippen LogP contribution in [0.2, 0.25) is 0 Å². The summed E-state index contributed by atoms with van der Waals surface area (Å²) in [7, 11) is 1.63. The summed E-state index contributed by atoms with van der Waals surface area (Å²) < 4.78 is 5.18. The van der Waals surface area contributed by atoms with Gasteiger partial charge in [0.1, 0.15) is 5.75 Å². The second-order valence-corrected chi connectivity index (χ2v) is 6.60. The van der Waals surface area contributed by atoms with E-state index >= 15 is 0 Å². The molecule has 1 N–H and O–H groups in total. The Bertz CT molecular complexity index is 779. The van der Waals surface area contributed by atoms with Crippen LogP contribution in [0.15, 0.2) is 60.4 Å². The fourth-order valence-electron chi connectivity index (χ4n) is 3.39. The van der Waals surface area contributed by atoms with Gasteiger partial charge in [-0.3, -0.25) is 4.79 Å². The summed E-state index contributed by atoms with van der Waals surface area (Å²) in [6.07, 6.45) is 0. The van der Waals surface area contributed by atoms with Crippen molar-refractivity contribution in [3.05, 3.63) is 71.5 Å². The number of benzene rings is 2. The van der Waals surface area contributed by atoms with Crippen molar-refractivity contribution in [3.63, 3.8) is 0 Å². The number of hydrogen-bond donors (Lipinski definition) is 1. The molecule has 3 rings (SSSR count). The first kappa shape index (κ1) is 17.1. The van der Waals surface area contributed by atoms with Crippen molar-refractivity contribution in [2.75, 3.05) is 7.11 Å². The standard InChI is InChI=1S/C21H23NO3/c1-14(2)19-18(16-7-5-4-6-8-16)20(23)21(24)22(19)13-15-9-11-17(25-3)12-10-15/h4-12,14,19,23H,13H2,1-3H3. The lowest BCUT2D eigenvalue weighted by Crippen LogP contribution is -2.38. The second-order valence-electron chi connectivity index (χ2n) is 6.60. The molecule has 4 nitrogen and oxygen atoms in total. The van der Waals surface area contributed by atoms with Gasteiger partial charge in [0.25, 0.3) is 5.91 Å². The predicted octanol–water partition coefficient (Wildman–Crippen LogP) is 4.03. The van der Waals surface area contributed by atoms with Gasteiger partial charge in [-0.2, -0.15) is 0 Å². The Labute approximate surface area is 148 Å². The minimum absolute atomic E-state index is 0.140. The highest BCUT2D eigenvalue weighted by atomic mass is 16.5. The average molecular weight is 337 g/mol. The second kappa shape index (κ2) is 7.01. The van der Waals surface area contributed by atoms with E-state index in [1.54, 1.807) is 12.0 Å². The first-order valence-electron chi connectivity index (χ1n) is 8.45. The van der Waals surface area contributed by atoms with Crippen molar-refractivity contribution in [1.82, 2.24) is 4.90 Å². The monoisotopic (exact) mass is 337 g/mol. The van der Waals surface area contributed by atoms with Crippen molar-refractivity contribution in [2.24, 2.45) is 5.92 Å². The Hall–Kier alpha value is -2.75. The number of aliphatic hydroxyl groups is 1. The summed E-state index contributed by atoms with van der Waals surface area (Å²) >= 11 is 0. The number of amides is 1. The molecule has 0 aliphatic carbocycles. The minimum Gasteiger partial charge on any atom is -0.503 e. The fraction of sp³-hybridized carbons (Fsp3) is 0.286. The third-order valence-electron chi connectivity index (χ3n) is 4.58. The van der Waals surface area contributed by atoms with Crippen LogP contribution < -0.4 is 4.74 Å². The molecule has 2 aromatic rings. The highest BCUT2D eigenvalue weighted by molar-refractivity contribution is 6.05. The molecule has 1 aliphatic rings. The van der Waals surface area contributed by atoms with Crippen LogP contribution in [0.1, 0.15) is 25.0 Å². The number of ether oxygens (including phenoxy) is 1. The van der Waals surface area contributed by atoms with E-state index in [0.717, 1.165) is 16.9 Å². The van der Waals surface area contributed by atoms with Gasteiger partial charge >= 0.3 is 0 Å². The topological polar surface area (TPSA) is 49.8 Å². The van der Waals surface area contributed by atoms with Gasteiger partial charge in [-0.15, -0.1) is 0 Å². The number of nitrogens with zero attached hydrogens (tertiary/aromatic N) is 1. The zero-order valence-corrected chi connectivity index (χ0v) is 14.8. The maximum absolute atomic E-state index is 12.7. The maximum Gasteiger partial charge on any atom is 0.289 e. The van der Waals surface area contributed by atoms with Crippen molar-refractivity contribution >= 4 is 11.5 Å². The lowest BCUT2D eigenvalue weighted by Gasteiger charge is -2.30. The van der Waals surface area contributed by atoms with E-state index in [1.807, 2.05) is 54.6 Å². The molecular weight excluding hydrogens is 314 g/mol. The predicted molar refractivity (Wildman–Crippen MR) is 98.2 cm³/mol. The largest absolute Gasteiger partial charge is 0.503 e. The first-order valence-corrected chi connectivity index (χ1v) is 8.45. The van der Waals surface area contributed by atoms with Gasteiger partial charge in [0.05, 0.1) is 13.2 Å². The van der Waals surface area contributed by atoms with Crippen LogP contribution >= 0.6 is 0 Å². The smallest absolute Gasteiger partial charge is 0.289 e. The van der Waals surface area contributed by atoms with E-state index in [9.17, 15) is 9.90 Å². The molecule has 0 saturated carbocycles. The zero-order valence-electron chi connectivity index (χ0n) is 14.8. The molecule has 0 bridgehead atoms. The van der Waals surface area contributed by atoms with Gasteiger partial charge in [-0.25, -0.2) is 0 Å². The van der Waals surface area contributed by atoms with Crippen LogP contribution in [0.25, 0.3) is 5.57 Å². The van der Waals surface area contributed by atoms with Gasteiger partial charge in [-0.05, 0) is 29.2 Å². The molecule has 0 saturated heterocycles. The third-order valence-corrected chi connectivity index (χ3v) is 4.58. The summed E-state index contributed by atoms with van der Waals surface area (Å²) in [6.45, 7) is 4.59. The van der Waals surface area contributed by atoms with Crippen LogP contribution in [-0.2, 0) is 11.3 Å². The maximum atomic E-state index is 12.7. The summed E-state index contributed by atoms with van der Waals surface area (Å²) in [6, 6.07) is 17.1. The van der Waals surface area contributed by atoms with Gasteiger partial charge in [0.15, 0.2) is 5.76 Å². The summed E-state index contributed by atoms with van der Waals surface area (Å²) in [5, 5.41) is 10.5. The molecule has 0 aromatic heterocycles. The molecule has 0 radical (unpaired) electrons. The van der Waals surface area contributed by atoms with E-state index in [2.05, 4.69) is 13.8 Å². The van der Waals surface area contributed by atoms with Crippen LogP contribution in [0.4, 0.5) is 0 Å². The first-order chi connectivity index (χ1) is 12.0. The fourth-order valence-corrected chi connectivity index (χ4v) is 3.39. The molecule has 1 unspecified atom stereocenters. The molecule has 0 fully saturated rings. The SMILES string of the molecule is COc1ccc(CN2C(=O)C(O)=C(c3ccccc3)C2C(C)C)cc1. The third kappa shape index (κ3) is 3.25. The molecule has 1 heterocycles. The van der Waals surface area contributed by atoms with E-state index in [4.69, 9.17) is 4.74 Å². The molecule has 1 amide bonds. The molecule has 4 heteroatoms. The summed E-state index contributed by atoms with van der Waals surface area (Å²) in [4.78, 5) is 14.5. The average Bonchev–Trinajstić information content (AvgIpc) is 2.88. The van der Waals surface area contributed by atoms with Crippen LogP contribution in [0.3, 0.4) is 0 Å². The van der Waals surface area contributed by atoms with Crippen molar-refractivity contribution in [3.8, 4) is 5.75 Å². The van der Waals surface area contributed by atoms with E-state index in [0.29, 0.717) is 12.1 Å². The zero-order chi connectivity index (χ0) is 18.0. The van der Waals surface area contributed by atoms with Crippen LogP contribution in [0.5, 0.6) is 5.75 Å². The lowest BCUT2D eigenvalue weighted by atomic mass is 9.91. The minimum atomic E-state index is -0.312. The number of rotatable bonds is 5. The van der Waals surface area contributed by atoms with Crippen LogP contribution in [-0.4, -0.2) is 29.1 Å². The Morgan fingerprint density at radius 3 is 2.28 bits per heavy atom. The number of carbonyl (C=O) groups excluding carboxylic acids is 1. The number of methoxy groups -OCH3 is 1. The summed E-state index contributed by atoms with van der Waals surface area (Å²) in [5.41, 5.74) is 2.61. The van der Waals surface area contributed by atoms with E-state index in [-0.39, 0.29) is 23.6 Å². The molecule has 1 aliphatic heterocycles. The van der Waals surface area contributed by atoms with Crippen molar-refractivity contribution < 1.29 is 14.6 Å². The normalized spacial score (nSPS) is 17.5. The van der Waals surface area contributed by atoms with Gasteiger partial charge in [0, 0.05) is 12.1 Å². The van der Waals surface area contributed by atoms with E-state index < -0.39 is 0 Å². The molecule has 130 valence electrons. The van der Waals surface area contributed by atoms with Gasteiger partial charge in [-0.1, -0.05) is 56.3 Å². The molecule has 2 aromatic carbocycles. The number of aliphatic hydroxyl groups excluding tert-OH is 1. The van der Waals surface area contributed by atoms with Crippen molar-refractivity contribution in [2.45, 2.75) is 26.4 Å². The van der Waals surface area contributed by atoms with Crippen LogP contribution in [0, 0.1) is 5.92 Å². The van der Waals surface area contributed by atoms with Crippen molar-refractivity contribution in [1.29, 1.82) is 0 Å². The number of hydrogen-bond acceptors (Lipinski definition) is 3. The summed E-state index contributed by atoms with van der Waals surface area (Å²) in [5.74, 6) is 0.511. The lowest BCUT2D eigenvalue weighted by molar-refractivity contribution is -0.130. The molecule has 1 atom stereocenters. The highest BCUT2D eigenvalue weighted by Gasteiger charge is 2.41. The van der Waals surface area contributed by atoms with E-state index in [1.165, 1.54) is 0 Å². The Kier molecular flexibility index (Phi) is 4.79. The molecular formula is C21H23NO3. The quantitative estimate of drug-likeness (QED) is 0.896. The molecule has 0 spiro atoms. The Balaban J connectivity index is 1.93. The molecule has 25 heavy (non-hydrogen) atoms. The Morgan fingerprint density at radius 2 is 1.72 bits per heavy atom. The van der Waals surface area contributed by atoms with Gasteiger partial charge in [0.2, 0.25) is 0 Å². The Morgan fingerprint density at radius 1 is 1.08 bits per heavy atom. The number of carbonyl (C=O) groups is 1.